The topological polar surface area (TPSA) is 76.2 Å². The van der Waals surface area contributed by atoms with E-state index in [1.54, 1.807) is 12.1 Å². The highest BCUT2D eigenvalue weighted by Crippen LogP contribution is 2.31. The number of nitrogens with two attached hydrogens (primary N) is 1. The van der Waals surface area contributed by atoms with Crippen molar-refractivity contribution < 1.29 is 9.90 Å². The van der Waals surface area contributed by atoms with Gasteiger partial charge >= 0.3 is 0 Å². The molecule has 0 aliphatic heterocycles. The maximum absolute atomic E-state index is 13.0. The van der Waals surface area contributed by atoms with Crippen molar-refractivity contribution in [3.8, 4) is 11.1 Å². The van der Waals surface area contributed by atoms with E-state index in [1.807, 2.05) is 56.3 Å². The van der Waals surface area contributed by atoms with Crippen LogP contribution in [0.2, 0.25) is 0 Å². The van der Waals surface area contributed by atoms with E-state index in [4.69, 9.17) is 5.73 Å². The van der Waals surface area contributed by atoms with Crippen molar-refractivity contribution in [3.63, 3.8) is 0 Å². The molecule has 1 heterocycles. The molecule has 3 N–H and O–H groups in total. The van der Waals surface area contributed by atoms with Crippen molar-refractivity contribution in [2.45, 2.75) is 27.0 Å². The molecule has 0 atom stereocenters. The Morgan fingerprint density at radius 2 is 1.62 bits per heavy atom. The second kappa shape index (κ2) is 7.60. The van der Waals surface area contributed by atoms with Gasteiger partial charge in [0.25, 0.3) is 0 Å². The number of aliphatic hydroxyl groups excluding tert-OH is 1. The summed E-state index contributed by atoms with van der Waals surface area (Å²) in [6.45, 7) is 4.22. The molecule has 0 aliphatic carbocycles. The number of hydrogen-bond acceptors (Lipinski definition) is 4. The summed E-state index contributed by atoms with van der Waals surface area (Å²) in [6.07, 6.45) is 0. The number of aliphatic hydroxyl groups is 1. The quantitative estimate of drug-likeness (QED) is 0.693. The molecule has 4 nitrogen and oxygen atoms in total. The molecule has 0 unspecified atom stereocenters. The van der Waals surface area contributed by atoms with Gasteiger partial charge in [-0.2, -0.15) is 0 Å². The number of hydrogen-bond donors (Lipinski definition) is 2. The molecule has 1 aromatic heterocycles. The van der Waals surface area contributed by atoms with Crippen molar-refractivity contribution in [2.24, 2.45) is 5.73 Å². The van der Waals surface area contributed by atoms with Crippen molar-refractivity contribution in [2.75, 3.05) is 0 Å². The van der Waals surface area contributed by atoms with Gasteiger partial charge in [0.15, 0.2) is 0 Å². The van der Waals surface area contributed by atoms with Crippen LogP contribution in [-0.2, 0) is 13.2 Å². The van der Waals surface area contributed by atoms with Crippen LogP contribution in [0, 0.1) is 13.8 Å². The van der Waals surface area contributed by atoms with E-state index in [9.17, 15) is 9.90 Å². The standard InChI is InChI=1S/C22H22N2O2/c1-14-16(13-25)6-3-8-18(14)19-9-5-10-20(15(19)2)22(26)21-11-4-7-17(12-23)24-21/h3-11,25H,12-13,23H2,1-2H3. The average Bonchev–Trinajstić information content (AvgIpc) is 2.68. The maximum Gasteiger partial charge on any atom is 0.211 e. The third-order valence-corrected chi connectivity index (χ3v) is 4.73. The Labute approximate surface area is 153 Å². The fourth-order valence-electron chi connectivity index (χ4n) is 3.18. The van der Waals surface area contributed by atoms with Crippen molar-refractivity contribution in [1.82, 2.24) is 4.98 Å². The normalized spacial score (nSPS) is 10.8. The fourth-order valence-corrected chi connectivity index (χ4v) is 3.18. The molecule has 0 saturated carbocycles. The number of nitrogens with zero attached hydrogens (tertiary/aromatic N) is 1. The molecule has 0 aliphatic rings. The van der Waals surface area contributed by atoms with Crippen LogP contribution in [-0.4, -0.2) is 15.9 Å². The zero-order valence-corrected chi connectivity index (χ0v) is 15.0. The first-order chi connectivity index (χ1) is 12.6. The highest BCUT2D eigenvalue weighted by molar-refractivity contribution is 6.09. The minimum Gasteiger partial charge on any atom is -0.392 e. The summed E-state index contributed by atoms with van der Waals surface area (Å²) in [5.41, 5.74) is 12.2. The summed E-state index contributed by atoms with van der Waals surface area (Å²) in [5.74, 6) is -0.115. The first-order valence-electron chi connectivity index (χ1n) is 8.56. The summed E-state index contributed by atoms with van der Waals surface area (Å²) < 4.78 is 0. The molecule has 3 rings (SSSR count). The van der Waals surface area contributed by atoms with Gasteiger partial charge in [0.05, 0.1) is 12.3 Å². The van der Waals surface area contributed by atoms with E-state index in [0.717, 1.165) is 27.8 Å². The predicted octanol–water partition coefficient (Wildman–Crippen LogP) is 3.55. The van der Waals surface area contributed by atoms with Gasteiger partial charge < -0.3 is 10.8 Å². The molecule has 0 radical (unpaired) electrons. The molecule has 0 bridgehead atoms. The van der Waals surface area contributed by atoms with E-state index in [-0.39, 0.29) is 12.4 Å². The van der Waals surface area contributed by atoms with Crippen LogP contribution in [0.25, 0.3) is 11.1 Å². The number of aromatic nitrogens is 1. The van der Waals surface area contributed by atoms with Crippen LogP contribution >= 0.6 is 0 Å². The largest absolute Gasteiger partial charge is 0.392 e. The number of pyridine rings is 1. The molecule has 3 aromatic rings. The highest BCUT2D eigenvalue weighted by Gasteiger charge is 2.17. The molecule has 26 heavy (non-hydrogen) atoms. The summed E-state index contributed by atoms with van der Waals surface area (Å²) in [6, 6.07) is 16.9. The fraction of sp³-hybridized carbons (Fsp3) is 0.182. The molecular weight excluding hydrogens is 324 g/mol. The van der Waals surface area contributed by atoms with Gasteiger partial charge in [0.1, 0.15) is 5.69 Å². The number of benzene rings is 2. The Bertz CT molecular complexity index is 964. The molecule has 0 saturated heterocycles. The zero-order valence-electron chi connectivity index (χ0n) is 15.0. The van der Waals surface area contributed by atoms with Gasteiger partial charge in [-0.15, -0.1) is 0 Å². The van der Waals surface area contributed by atoms with Gasteiger partial charge in [-0.05, 0) is 53.8 Å². The lowest BCUT2D eigenvalue weighted by Crippen LogP contribution is -2.09. The van der Waals surface area contributed by atoms with E-state index >= 15 is 0 Å². The number of carbonyl (C=O) groups is 1. The Morgan fingerprint density at radius 1 is 0.962 bits per heavy atom. The zero-order chi connectivity index (χ0) is 18.7. The molecule has 0 amide bonds. The Kier molecular flexibility index (Phi) is 5.26. The first kappa shape index (κ1) is 18.0. The Balaban J connectivity index is 2.09. The molecular formula is C22H22N2O2. The van der Waals surface area contributed by atoms with E-state index in [2.05, 4.69) is 4.98 Å². The van der Waals surface area contributed by atoms with Crippen LogP contribution in [0.1, 0.15) is 38.4 Å². The van der Waals surface area contributed by atoms with Crippen LogP contribution in [0.4, 0.5) is 0 Å². The number of carbonyl (C=O) groups excluding carboxylic acids is 1. The smallest absolute Gasteiger partial charge is 0.211 e. The van der Waals surface area contributed by atoms with Gasteiger partial charge in [-0.3, -0.25) is 4.79 Å². The molecule has 0 spiro atoms. The van der Waals surface area contributed by atoms with Gasteiger partial charge in [-0.1, -0.05) is 42.5 Å². The van der Waals surface area contributed by atoms with E-state index < -0.39 is 0 Å². The number of ketones is 1. The van der Waals surface area contributed by atoms with E-state index in [1.165, 1.54) is 0 Å². The maximum atomic E-state index is 13.0. The highest BCUT2D eigenvalue weighted by atomic mass is 16.3. The molecule has 4 heteroatoms. The minimum absolute atomic E-state index is 0.00680. The predicted molar refractivity (Wildman–Crippen MR) is 103 cm³/mol. The molecule has 132 valence electrons. The second-order valence-electron chi connectivity index (χ2n) is 6.27. The monoisotopic (exact) mass is 346 g/mol. The second-order valence-corrected chi connectivity index (χ2v) is 6.27. The van der Waals surface area contributed by atoms with Crippen LogP contribution in [0.3, 0.4) is 0 Å². The average molecular weight is 346 g/mol. The lowest BCUT2D eigenvalue weighted by atomic mass is 9.90. The lowest BCUT2D eigenvalue weighted by molar-refractivity contribution is 0.103. The Hall–Kier alpha value is -2.82. The first-order valence-corrected chi connectivity index (χ1v) is 8.56. The summed E-state index contributed by atoms with van der Waals surface area (Å²) in [5, 5.41) is 9.53. The van der Waals surface area contributed by atoms with Crippen molar-refractivity contribution in [1.29, 1.82) is 0 Å². The third-order valence-electron chi connectivity index (χ3n) is 4.73. The SMILES string of the molecule is Cc1c(CO)cccc1-c1cccc(C(=O)c2cccc(CN)n2)c1C. The third kappa shape index (κ3) is 3.29. The van der Waals surface area contributed by atoms with E-state index in [0.29, 0.717) is 23.5 Å². The van der Waals surface area contributed by atoms with Crippen molar-refractivity contribution in [3.05, 3.63) is 88.2 Å². The Morgan fingerprint density at radius 3 is 2.31 bits per heavy atom. The number of rotatable bonds is 5. The van der Waals surface area contributed by atoms with Gasteiger partial charge in [-0.25, -0.2) is 4.98 Å². The van der Waals surface area contributed by atoms with Crippen molar-refractivity contribution >= 4 is 5.78 Å². The molecule has 0 fully saturated rings. The molecule has 2 aromatic carbocycles. The lowest BCUT2D eigenvalue weighted by Gasteiger charge is -2.15. The van der Waals surface area contributed by atoms with Gasteiger partial charge in [0.2, 0.25) is 5.78 Å². The minimum atomic E-state index is -0.115. The summed E-state index contributed by atoms with van der Waals surface area (Å²) >= 11 is 0. The summed E-state index contributed by atoms with van der Waals surface area (Å²) in [7, 11) is 0. The van der Waals surface area contributed by atoms with Crippen LogP contribution < -0.4 is 5.73 Å². The summed E-state index contributed by atoms with van der Waals surface area (Å²) in [4.78, 5) is 17.3. The van der Waals surface area contributed by atoms with Gasteiger partial charge in [0, 0.05) is 12.1 Å². The van der Waals surface area contributed by atoms with Crippen LogP contribution in [0.5, 0.6) is 0 Å². The van der Waals surface area contributed by atoms with Crippen LogP contribution in [0.15, 0.2) is 54.6 Å².